The van der Waals surface area contributed by atoms with Gasteiger partial charge in [0.05, 0.1) is 13.2 Å². The van der Waals surface area contributed by atoms with E-state index in [1.165, 1.54) is 0 Å². The van der Waals surface area contributed by atoms with Crippen LogP contribution in [0, 0.1) is 0 Å². The summed E-state index contributed by atoms with van der Waals surface area (Å²) in [7, 11) is 0. The van der Waals surface area contributed by atoms with E-state index in [9.17, 15) is 14.4 Å². The van der Waals surface area contributed by atoms with Gasteiger partial charge in [0.2, 0.25) is 5.76 Å². The lowest BCUT2D eigenvalue weighted by molar-refractivity contribution is -0.151. The van der Waals surface area contributed by atoms with Gasteiger partial charge < -0.3 is 19.5 Å². The summed E-state index contributed by atoms with van der Waals surface area (Å²) in [5.74, 6) is -2.75. The summed E-state index contributed by atoms with van der Waals surface area (Å²) < 4.78 is 14.8. The Balaban J connectivity index is 3.12. The highest BCUT2D eigenvalue weighted by atomic mass is 16.6. The molecule has 0 radical (unpaired) electrons. The van der Waals surface area contributed by atoms with Crippen molar-refractivity contribution in [1.29, 1.82) is 0 Å². The van der Waals surface area contributed by atoms with Crippen molar-refractivity contribution in [2.45, 2.75) is 58.9 Å². The minimum atomic E-state index is -0.867. The van der Waals surface area contributed by atoms with Crippen LogP contribution in [0.5, 0.6) is 0 Å². The second-order valence-corrected chi connectivity index (χ2v) is 5.22. The number of rotatable bonds is 7. The molecule has 0 aromatic carbocycles. The van der Waals surface area contributed by atoms with Crippen molar-refractivity contribution in [3.63, 3.8) is 0 Å². The van der Waals surface area contributed by atoms with Crippen LogP contribution in [-0.2, 0) is 28.6 Å². The highest BCUT2D eigenvalue weighted by Gasteiger charge is 2.29. The van der Waals surface area contributed by atoms with Crippen LogP contribution in [0.15, 0.2) is 11.5 Å². The summed E-state index contributed by atoms with van der Waals surface area (Å²) in [6, 6.07) is 0.0307. The number of hydrogen-bond acceptors (Lipinski definition) is 7. The minimum Gasteiger partial charge on any atom is -0.461 e. The Kier molecular flexibility index (Phi) is 8.15. The first-order valence-electron chi connectivity index (χ1n) is 8.03. The first kappa shape index (κ1) is 19.0. The summed E-state index contributed by atoms with van der Waals surface area (Å²) in [5.41, 5.74) is -0.146. The zero-order chi connectivity index (χ0) is 17.2. The van der Waals surface area contributed by atoms with Crippen molar-refractivity contribution >= 4 is 17.9 Å². The molecule has 0 aliphatic heterocycles. The van der Waals surface area contributed by atoms with Crippen LogP contribution in [0.25, 0.3) is 0 Å². The molecule has 0 bridgehead atoms. The van der Waals surface area contributed by atoms with Crippen molar-refractivity contribution in [1.82, 2.24) is 5.32 Å². The molecule has 0 saturated heterocycles. The molecule has 1 fully saturated rings. The molecule has 1 aliphatic carbocycles. The number of hydrogen-bond donors (Lipinski definition) is 1. The SMILES string of the molecule is CCOC(=O)/C(NC1CCCCC1)=C(\OC(C)=O)C(=O)OCC. The number of nitrogens with one attached hydrogen (secondary N) is 1. The number of carbonyl (C=O) groups excluding carboxylic acids is 3. The zero-order valence-corrected chi connectivity index (χ0v) is 14.0. The van der Waals surface area contributed by atoms with Crippen molar-refractivity contribution in [3.05, 3.63) is 11.5 Å². The Labute approximate surface area is 136 Å². The highest BCUT2D eigenvalue weighted by Crippen LogP contribution is 2.20. The van der Waals surface area contributed by atoms with E-state index >= 15 is 0 Å². The van der Waals surface area contributed by atoms with Crippen LogP contribution >= 0.6 is 0 Å². The third-order valence-electron chi connectivity index (χ3n) is 3.37. The minimum absolute atomic E-state index is 0.0307. The Morgan fingerprint density at radius 2 is 1.52 bits per heavy atom. The third-order valence-corrected chi connectivity index (χ3v) is 3.37. The fraction of sp³-hybridized carbons (Fsp3) is 0.688. The summed E-state index contributed by atoms with van der Waals surface area (Å²) in [4.78, 5) is 35.6. The van der Waals surface area contributed by atoms with E-state index in [-0.39, 0.29) is 25.0 Å². The summed E-state index contributed by atoms with van der Waals surface area (Å²) >= 11 is 0. The first-order valence-corrected chi connectivity index (χ1v) is 8.03. The Hall–Kier alpha value is -2.05. The van der Waals surface area contributed by atoms with Crippen molar-refractivity contribution in [2.24, 2.45) is 0 Å². The van der Waals surface area contributed by atoms with E-state index < -0.39 is 23.7 Å². The van der Waals surface area contributed by atoms with Crippen molar-refractivity contribution in [2.75, 3.05) is 13.2 Å². The van der Waals surface area contributed by atoms with Gasteiger partial charge in [0.1, 0.15) is 0 Å². The van der Waals surface area contributed by atoms with E-state index in [2.05, 4.69) is 5.32 Å². The topological polar surface area (TPSA) is 90.9 Å². The Bertz CT molecular complexity index is 465. The van der Waals surface area contributed by atoms with Gasteiger partial charge in [-0.15, -0.1) is 0 Å². The monoisotopic (exact) mass is 327 g/mol. The maximum absolute atomic E-state index is 12.2. The van der Waals surface area contributed by atoms with Crippen LogP contribution in [0.1, 0.15) is 52.9 Å². The largest absolute Gasteiger partial charge is 0.461 e. The zero-order valence-electron chi connectivity index (χ0n) is 14.0. The Morgan fingerprint density at radius 3 is 2.04 bits per heavy atom. The van der Waals surface area contributed by atoms with Crippen LogP contribution < -0.4 is 5.32 Å². The molecule has 130 valence electrons. The van der Waals surface area contributed by atoms with E-state index in [4.69, 9.17) is 14.2 Å². The second-order valence-electron chi connectivity index (χ2n) is 5.22. The predicted molar refractivity (Wildman–Crippen MR) is 82.1 cm³/mol. The van der Waals surface area contributed by atoms with Gasteiger partial charge in [-0.25, -0.2) is 9.59 Å². The molecule has 1 N–H and O–H groups in total. The molecule has 0 spiro atoms. The smallest absolute Gasteiger partial charge is 0.376 e. The molecular weight excluding hydrogens is 302 g/mol. The van der Waals surface area contributed by atoms with Crippen LogP contribution in [0.4, 0.5) is 0 Å². The number of ether oxygens (including phenoxy) is 3. The number of carbonyl (C=O) groups is 3. The molecule has 7 nitrogen and oxygen atoms in total. The van der Waals surface area contributed by atoms with Crippen molar-refractivity contribution in [3.8, 4) is 0 Å². The normalized spacial score (nSPS) is 16.1. The van der Waals surface area contributed by atoms with Crippen LogP contribution in [0.3, 0.4) is 0 Å². The van der Waals surface area contributed by atoms with Gasteiger partial charge in [0.15, 0.2) is 5.70 Å². The molecule has 1 saturated carbocycles. The molecule has 0 heterocycles. The fourth-order valence-corrected chi connectivity index (χ4v) is 2.41. The molecular formula is C16H25NO6. The molecule has 0 atom stereocenters. The lowest BCUT2D eigenvalue weighted by Crippen LogP contribution is -2.37. The maximum Gasteiger partial charge on any atom is 0.376 e. The second kappa shape index (κ2) is 9.86. The summed E-state index contributed by atoms with van der Waals surface area (Å²) in [6.07, 6.45) is 4.97. The quantitative estimate of drug-likeness (QED) is 0.330. The maximum atomic E-state index is 12.2. The van der Waals surface area contributed by atoms with Gasteiger partial charge >= 0.3 is 17.9 Å². The molecule has 0 unspecified atom stereocenters. The van der Waals surface area contributed by atoms with Gasteiger partial charge in [-0.1, -0.05) is 19.3 Å². The molecule has 23 heavy (non-hydrogen) atoms. The van der Waals surface area contributed by atoms with E-state index in [1.807, 2.05) is 0 Å². The van der Waals surface area contributed by atoms with Gasteiger partial charge in [-0.2, -0.15) is 0 Å². The average Bonchev–Trinajstić information content (AvgIpc) is 2.52. The van der Waals surface area contributed by atoms with E-state index in [0.717, 1.165) is 39.0 Å². The lowest BCUT2D eigenvalue weighted by atomic mass is 9.95. The lowest BCUT2D eigenvalue weighted by Gasteiger charge is -2.25. The van der Waals surface area contributed by atoms with E-state index in [1.54, 1.807) is 13.8 Å². The van der Waals surface area contributed by atoms with E-state index in [0.29, 0.717) is 0 Å². The average molecular weight is 327 g/mol. The molecule has 0 aromatic heterocycles. The fourth-order valence-electron chi connectivity index (χ4n) is 2.41. The van der Waals surface area contributed by atoms with Crippen LogP contribution in [-0.4, -0.2) is 37.2 Å². The van der Waals surface area contributed by atoms with Crippen LogP contribution in [0.2, 0.25) is 0 Å². The first-order chi connectivity index (χ1) is 11.0. The predicted octanol–water partition coefficient (Wildman–Crippen LogP) is 1.81. The van der Waals surface area contributed by atoms with Gasteiger partial charge in [-0.05, 0) is 26.7 Å². The molecule has 1 rings (SSSR count). The molecule has 7 heteroatoms. The molecule has 0 amide bonds. The van der Waals surface area contributed by atoms with Gasteiger partial charge in [0.25, 0.3) is 0 Å². The Morgan fingerprint density at radius 1 is 0.957 bits per heavy atom. The van der Waals surface area contributed by atoms with Crippen molar-refractivity contribution < 1.29 is 28.6 Å². The molecule has 1 aliphatic rings. The summed E-state index contributed by atoms with van der Waals surface area (Å²) in [5, 5.41) is 3.01. The highest BCUT2D eigenvalue weighted by molar-refractivity contribution is 6.00. The summed E-state index contributed by atoms with van der Waals surface area (Å²) in [6.45, 7) is 4.69. The molecule has 0 aromatic rings. The van der Waals surface area contributed by atoms with Gasteiger partial charge in [0, 0.05) is 13.0 Å². The standard InChI is InChI=1S/C16H25NO6/c1-4-21-15(19)13(17-12-9-7-6-8-10-12)14(23-11(3)18)16(20)22-5-2/h12,17H,4-10H2,1-3H3/b14-13+. The third kappa shape index (κ3) is 6.30. The van der Waals surface area contributed by atoms with Gasteiger partial charge in [-0.3, -0.25) is 4.79 Å². The number of esters is 3.